The number of hydrogen-bond donors (Lipinski definition) is 0. The van der Waals surface area contributed by atoms with Gasteiger partial charge in [0.2, 0.25) is 6.10 Å². The maximum absolute atomic E-state index is 11.9. The highest BCUT2D eigenvalue weighted by atomic mass is 32.2. The zero-order chi connectivity index (χ0) is 13.1. The third-order valence-corrected chi connectivity index (χ3v) is 4.32. The van der Waals surface area contributed by atoms with E-state index in [0.717, 1.165) is 30.1 Å². The van der Waals surface area contributed by atoms with Crippen LogP contribution in [-0.4, -0.2) is 37.1 Å². The third-order valence-electron chi connectivity index (χ3n) is 3.21. The first kappa shape index (κ1) is 12.8. The number of para-hydroxylation sites is 1. The zero-order valence-electron chi connectivity index (χ0n) is 10.5. The lowest BCUT2D eigenvalue weighted by molar-refractivity contribution is -0.154. The van der Waals surface area contributed by atoms with Crippen LogP contribution < -0.4 is 4.74 Å². The lowest BCUT2D eigenvalue weighted by Crippen LogP contribution is -2.35. The van der Waals surface area contributed by atoms with Crippen LogP contribution in [0, 0.1) is 0 Å². The van der Waals surface area contributed by atoms with Crippen LogP contribution in [0.1, 0.15) is 12.8 Å². The summed E-state index contributed by atoms with van der Waals surface area (Å²) in [6, 6.07) is 7.74. The summed E-state index contributed by atoms with van der Waals surface area (Å²) >= 11 is 1.63. The molecule has 2 aliphatic rings. The Hall–Kier alpha value is -1.20. The summed E-state index contributed by atoms with van der Waals surface area (Å²) in [4.78, 5) is 13.0. The first-order chi connectivity index (χ1) is 9.33. The van der Waals surface area contributed by atoms with Gasteiger partial charge in [0.1, 0.15) is 12.4 Å². The van der Waals surface area contributed by atoms with E-state index in [1.165, 1.54) is 0 Å². The molecule has 2 atom stereocenters. The quantitative estimate of drug-likeness (QED) is 0.795. The van der Waals surface area contributed by atoms with Crippen LogP contribution in [0.25, 0.3) is 0 Å². The fourth-order valence-corrected chi connectivity index (χ4v) is 3.15. The van der Waals surface area contributed by atoms with Gasteiger partial charge < -0.3 is 14.2 Å². The Morgan fingerprint density at radius 1 is 1.42 bits per heavy atom. The van der Waals surface area contributed by atoms with Crippen molar-refractivity contribution in [3.05, 3.63) is 24.3 Å². The number of fused-ring (bicyclic) bond motifs is 1. The van der Waals surface area contributed by atoms with E-state index in [9.17, 15) is 4.79 Å². The normalized spacial score (nSPS) is 25.5. The number of carbonyl (C=O) groups excluding carboxylic acids is 1. The van der Waals surface area contributed by atoms with Crippen LogP contribution in [0.15, 0.2) is 29.2 Å². The van der Waals surface area contributed by atoms with Gasteiger partial charge in [0.25, 0.3) is 0 Å². The van der Waals surface area contributed by atoms with Gasteiger partial charge in [0, 0.05) is 17.3 Å². The topological polar surface area (TPSA) is 44.8 Å². The van der Waals surface area contributed by atoms with E-state index in [1.807, 2.05) is 24.3 Å². The summed E-state index contributed by atoms with van der Waals surface area (Å²) in [5.74, 6) is 1.07. The van der Waals surface area contributed by atoms with Gasteiger partial charge in [0.15, 0.2) is 0 Å². The summed E-state index contributed by atoms with van der Waals surface area (Å²) in [5.41, 5.74) is 0. The fraction of sp³-hybridized carbons (Fsp3) is 0.500. The Labute approximate surface area is 116 Å². The van der Waals surface area contributed by atoms with Gasteiger partial charge >= 0.3 is 5.97 Å². The molecule has 0 N–H and O–H groups in total. The smallest absolute Gasteiger partial charge is 0.348 e. The van der Waals surface area contributed by atoms with Crippen LogP contribution in [0.5, 0.6) is 5.75 Å². The highest BCUT2D eigenvalue weighted by Crippen LogP contribution is 2.35. The van der Waals surface area contributed by atoms with Crippen LogP contribution >= 0.6 is 11.8 Å². The molecule has 1 aromatic rings. The molecule has 2 aliphatic heterocycles. The summed E-state index contributed by atoms with van der Waals surface area (Å²) < 4.78 is 16.4. The molecular formula is C14H16O4S. The molecule has 2 heterocycles. The van der Waals surface area contributed by atoms with Gasteiger partial charge in [-0.2, -0.15) is 0 Å². The van der Waals surface area contributed by atoms with Crippen molar-refractivity contribution in [3.8, 4) is 5.75 Å². The highest BCUT2D eigenvalue weighted by molar-refractivity contribution is 7.99. The number of esters is 1. The molecule has 0 aromatic heterocycles. The average molecular weight is 280 g/mol. The monoisotopic (exact) mass is 280 g/mol. The molecule has 0 spiro atoms. The largest absolute Gasteiger partial charge is 0.477 e. The summed E-state index contributed by atoms with van der Waals surface area (Å²) in [5, 5.41) is 0. The number of rotatable bonds is 3. The second-order valence-corrected chi connectivity index (χ2v) is 5.69. The summed E-state index contributed by atoms with van der Waals surface area (Å²) in [7, 11) is 0. The van der Waals surface area contributed by atoms with Crippen molar-refractivity contribution in [2.24, 2.45) is 0 Å². The Kier molecular flexibility index (Phi) is 3.94. The van der Waals surface area contributed by atoms with Crippen LogP contribution in [0.4, 0.5) is 0 Å². The molecule has 0 unspecified atom stereocenters. The molecule has 102 valence electrons. The van der Waals surface area contributed by atoms with Gasteiger partial charge in [-0.15, -0.1) is 11.8 Å². The molecule has 0 amide bonds. The molecule has 1 saturated heterocycles. The van der Waals surface area contributed by atoms with E-state index in [2.05, 4.69) is 0 Å². The second-order valence-electron chi connectivity index (χ2n) is 4.63. The van der Waals surface area contributed by atoms with Crippen molar-refractivity contribution in [2.75, 3.05) is 19.0 Å². The zero-order valence-corrected chi connectivity index (χ0v) is 11.4. The Morgan fingerprint density at radius 2 is 2.32 bits per heavy atom. The molecule has 4 nitrogen and oxygen atoms in total. The van der Waals surface area contributed by atoms with Crippen molar-refractivity contribution < 1.29 is 19.0 Å². The van der Waals surface area contributed by atoms with E-state index in [0.29, 0.717) is 12.4 Å². The predicted molar refractivity (Wildman–Crippen MR) is 71.5 cm³/mol. The lowest BCUT2D eigenvalue weighted by atomic mass is 10.2. The van der Waals surface area contributed by atoms with E-state index in [-0.39, 0.29) is 12.1 Å². The number of hydrogen-bond acceptors (Lipinski definition) is 5. The Bertz CT molecular complexity index is 457. The molecular weight excluding hydrogens is 264 g/mol. The molecule has 0 saturated carbocycles. The third kappa shape index (κ3) is 3.04. The fourth-order valence-electron chi connectivity index (χ4n) is 2.18. The molecule has 0 aliphatic carbocycles. The summed E-state index contributed by atoms with van der Waals surface area (Å²) in [6.45, 7) is 1.11. The number of thioether (sulfide) groups is 1. The highest BCUT2D eigenvalue weighted by Gasteiger charge is 2.29. The predicted octanol–water partition coefficient (Wildman–Crippen LogP) is 2.26. The molecule has 19 heavy (non-hydrogen) atoms. The Balaban J connectivity index is 1.54. The first-order valence-electron chi connectivity index (χ1n) is 6.49. The maximum Gasteiger partial charge on any atom is 0.348 e. The first-order valence-corrected chi connectivity index (χ1v) is 7.48. The average Bonchev–Trinajstić information content (AvgIpc) is 2.97. The minimum atomic E-state index is -0.513. The van der Waals surface area contributed by atoms with E-state index < -0.39 is 6.10 Å². The number of carbonyl (C=O) groups is 1. The molecule has 5 heteroatoms. The van der Waals surface area contributed by atoms with Crippen LogP contribution in [0.3, 0.4) is 0 Å². The van der Waals surface area contributed by atoms with Crippen LogP contribution in [-0.2, 0) is 14.3 Å². The molecule has 1 fully saturated rings. The standard InChI is InChI=1S/C14H16O4S/c15-14(17-8-10-4-3-7-16-10)12-9-19-13-6-2-1-5-11(13)18-12/h1-2,5-6,10,12H,3-4,7-9H2/t10-,12+/m1/s1. The van der Waals surface area contributed by atoms with Gasteiger partial charge in [-0.25, -0.2) is 4.79 Å². The van der Waals surface area contributed by atoms with Crippen molar-refractivity contribution in [3.63, 3.8) is 0 Å². The van der Waals surface area contributed by atoms with Crippen molar-refractivity contribution >= 4 is 17.7 Å². The minimum Gasteiger partial charge on any atom is -0.477 e. The number of benzene rings is 1. The van der Waals surface area contributed by atoms with Gasteiger partial charge in [-0.1, -0.05) is 12.1 Å². The van der Waals surface area contributed by atoms with E-state index >= 15 is 0 Å². The van der Waals surface area contributed by atoms with Gasteiger partial charge in [0.05, 0.1) is 6.10 Å². The SMILES string of the molecule is O=C(OC[C@H]1CCCO1)[C@@H]1CSc2ccccc2O1. The number of ether oxygens (including phenoxy) is 3. The van der Waals surface area contributed by atoms with Crippen molar-refractivity contribution in [1.82, 2.24) is 0 Å². The Morgan fingerprint density at radius 3 is 3.16 bits per heavy atom. The molecule has 0 bridgehead atoms. The maximum atomic E-state index is 11.9. The summed E-state index contributed by atoms with van der Waals surface area (Å²) in [6.07, 6.45) is 1.57. The van der Waals surface area contributed by atoms with Crippen LogP contribution in [0.2, 0.25) is 0 Å². The van der Waals surface area contributed by atoms with Gasteiger partial charge in [-0.3, -0.25) is 0 Å². The second kappa shape index (κ2) is 5.84. The molecule has 0 radical (unpaired) electrons. The van der Waals surface area contributed by atoms with Crippen molar-refractivity contribution in [2.45, 2.75) is 29.9 Å². The molecule has 3 rings (SSSR count). The lowest BCUT2D eigenvalue weighted by Gasteiger charge is -2.24. The molecule has 1 aromatic carbocycles. The van der Waals surface area contributed by atoms with E-state index in [1.54, 1.807) is 11.8 Å². The van der Waals surface area contributed by atoms with Crippen molar-refractivity contribution in [1.29, 1.82) is 0 Å². The minimum absolute atomic E-state index is 0.0625. The van der Waals surface area contributed by atoms with Gasteiger partial charge in [-0.05, 0) is 25.0 Å². The van der Waals surface area contributed by atoms with E-state index in [4.69, 9.17) is 14.2 Å².